The van der Waals surface area contributed by atoms with Crippen LogP contribution in [0.5, 0.6) is 0 Å². The molecule has 0 aliphatic heterocycles. The maximum Gasteiger partial charge on any atom is 4.00 e. The Kier molecular flexibility index (Phi) is 28.9. The van der Waals surface area contributed by atoms with Gasteiger partial charge in [-0.15, -0.1) is 0 Å². The molecule has 4 aromatic carbocycles. The minimum Gasteiger partial charge on any atom is -0.214 e. The molecule has 0 unspecified atom stereocenters. The Morgan fingerprint density at radius 3 is 1.21 bits per heavy atom. The number of halogens is 2. The molecule has 0 heterocycles. The molecule has 0 saturated carbocycles. The molecule has 0 fully saturated rings. The summed E-state index contributed by atoms with van der Waals surface area (Å²) in [6, 6.07) is 33.4. The van der Waals surface area contributed by atoms with E-state index in [1.165, 1.54) is 60.8 Å². The quantitative estimate of drug-likeness (QED) is 0.182. The van der Waals surface area contributed by atoms with Gasteiger partial charge in [0.05, 0.1) is 0 Å². The molecule has 4 aromatic rings. The smallest absolute Gasteiger partial charge is 0.214 e. The minimum absolute atomic E-state index is 0. The largest absolute Gasteiger partial charge is 4.00 e. The Balaban J connectivity index is 0. The Bertz CT molecular complexity index is 722. The molecular weight excluding hydrogens is 614 g/mol. The standard InChI is InChI=1S/2C10H15.2C5H5.2ClH.2Zr/c2*1-3-4-5-10-7-6-9(2)8-10;2*1-2-4-5-3-1;;;;/h2*6-8H,3-5H2,1-2H3;2*1-5H;2*1H;;/q4*-1;;;+2;+4/p-2. The molecule has 4 heteroatoms. The van der Waals surface area contributed by atoms with Crippen molar-refractivity contribution < 1.29 is 47.1 Å². The number of hydrogen-bond acceptors (Lipinski definition) is 0. The second-order valence-corrected chi connectivity index (χ2v) is 11.5. The van der Waals surface area contributed by atoms with Crippen LogP contribution in [-0.2, 0) is 59.9 Å². The van der Waals surface area contributed by atoms with Crippen molar-refractivity contribution in [1.29, 1.82) is 0 Å². The van der Waals surface area contributed by atoms with Crippen LogP contribution in [0.15, 0.2) is 97.1 Å². The van der Waals surface area contributed by atoms with Gasteiger partial charge in [0, 0.05) is 0 Å². The van der Waals surface area contributed by atoms with Crippen LogP contribution in [0.3, 0.4) is 0 Å². The van der Waals surface area contributed by atoms with Gasteiger partial charge in [-0.2, -0.15) is 82.9 Å². The second-order valence-electron chi connectivity index (χ2n) is 7.80. The first-order chi connectivity index (χ1) is 16.1. The van der Waals surface area contributed by atoms with Crippen LogP contribution in [0, 0.1) is 13.8 Å². The fraction of sp³-hybridized carbons (Fsp3) is 0.333. The van der Waals surface area contributed by atoms with Gasteiger partial charge in [-0.3, -0.25) is 0 Å². The summed E-state index contributed by atoms with van der Waals surface area (Å²) in [6.07, 6.45) is 7.75. The Morgan fingerprint density at radius 1 is 0.706 bits per heavy atom. The van der Waals surface area contributed by atoms with Gasteiger partial charge in [0.25, 0.3) is 0 Å². The molecule has 0 aromatic heterocycles. The third-order valence-corrected chi connectivity index (χ3v) is 4.70. The summed E-state index contributed by atoms with van der Waals surface area (Å²) in [5, 5.41) is 0. The average molecular weight is 654 g/mol. The summed E-state index contributed by atoms with van der Waals surface area (Å²) in [6.45, 7) is 8.76. The van der Waals surface area contributed by atoms with Gasteiger partial charge < -0.3 is 0 Å². The van der Waals surface area contributed by atoms with E-state index < -0.39 is 20.8 Å². The van der Waals surface area contributed by atoms with Crippen LogP contribution in [0.4, 0.5) is 0 Å². The summed E-state index contributed by atoms with van der Waals surface area (Å²) in [5.41, 5.74) is 5.79. The molecule has 0 saturated heterocycles. The molecule has 0 N–H and O–H groups in total. The van der Waals surface area contributed by atoms with E-state index in [-0.39, 0.29) is 26.2 Å². The van der Waals surface area contributed by atoms with Crippen LogP contribution in [-0.4, -0.2) is 0 Å². The van der Waals surface area contributed by atoms with E-state index in [1.807, 2.05) is 60.7 Å². The second kappa shape index (κ2) is 27.3. The van der Waals surface area contributed by atoms with Crippen LogP contribution in [0.1, 0.15) is 61.8 Å². The molecule has 0 spiro atoms. The predicted molar refractivity (Wildman–Crippen MR) is 147 cm³/mol. The number of hydrogen-bond donors (Lipinski definition) is 0. The molecule has 4 rings (SSSR count). The molecule has 0 atom stereocenters. The molecule has 182 valence electrons. The van der Waals surface area contributed by atoms with Gasteiger partial charge in [-0.05, 0) is 0 Å². The van der Waals surface area contributed by atoms with Crippen LogP contribution >= 0.6 is 17.0 Å². The van der Waals surface area contributed by atoms with E-state index >= 15 is 0 Å². The van der Waals surface area contributed by atoms with Crippen molar-refractivity contribution in [2.45, 2.75) is 66.2 Å². The van der Waals surface area contributed by atoms with Crippen molar-refractivity contribution in [2.75, 3.05) is 0 Å². The molecule has 0 aliphatic rings. The molecule has 0 amide bonds. The first-order valence-corrected chi connectivity index (χ1v) is 18.1. The zero-order valence-electron chi connectivity index (χ0n) is 21.2. The average Bonchev–Trinajstić information content (AvgIpc) is 3.63. The Morgan fingerprint density at radius 2 is 1.03 bits per heavy atom. The van der Waals surface area contributed by atoms with Crippen LogP contribution in [0.25, 0.3) is 0 Å². The Labute approximate surface area is 247 Å². The molecule has 0 radical (unpaired) electrons. The topological polar surface area (TPSA) is 0 Å². The van der Waals surface area contributed by atoms with Crippen LogP contribution < -0.4 is 0 Å². The maximum absolute atomic E-state index is 4.93. The molecule has 34 heavy (non-hydrogen) atoms. The summed E-state index contributed by atoms with van der Waals surface area (Å²) < 4.78 is 0. The van der Waals surface area contributed by atoms with Crippen molar-refractivity contribution >= 4 is 17.0 Å². The summed E-state index contributed by atoms with van der Waals surface area (Å²) >= 11 is -0.826. The van der Waals surface area contributed by atoms with Gasteiger partial charge in [0.15, 0.2) is 0 Å². The fourth-order valence-electron chi connectivity index (χ4n) is 2.97. The number of rotatable bonds is 6. The maximum atomic E-state index is 4.93. The fourth-order valence-corrected chi connectivity index (χ4v) is 2.97. The molecule has 0 bridgehead atoms. The van der Waals surface area contributed by atoms with Gasteiger partial charge in [0.1, 0.15) is 0 Å². The zero-order chi connectivity index (χ0) is 24.6. The Hall–Kier alpha value is -0.254. The third-order valence-electron chi connectivity index (χ3n) is 4.70. The first-order valence-electron chi connectivity index (χ1n) is 11.8. The van der Waals surface area contributed by atoms with Gasteiger partial charge in [-0.1, -0.05) is 66.2 Å². The summed E-state index contributed by atoms with van der Waals surface area (Å²) in [4.78, 5) is 0. The van der Waals surface area contributed by atoms with E-state index in [0.717, 1.165) is 0 Å². The van der Waals surface area contributed by atoms with Crippen LogP contribution in [0.2, 0.25) is 0 Å². The third kappa shape index (κ3) is 23.5. The molecule has 0 aliphatic carbocycles. The number of unbranched alkanes of at least 4 members (excludes halogenated alkanes) is 2. The van der Waals surface area contributed by atoms with E-state index in [2.05, 4.69) is 64.1 Å². The van der Waals surface area contributed by atoms with Gasteiger partial charge in [-0.25, -0.2) is 36.4 Å². The number of aryl methyl sites for hydroxylation is 4. The van der Waals surface area contributed by atoms with E-state index in [1.54, 1.807) is 0 Å². The predicted octanol–water partition coefficient (Wildman–Crippen LogP) is 10.3. The SMILES string of the molecule is CCCCc1cc[c-](C)c1.CCCCc1cc[c-](C)c1.[Cl][Zr][Cl].[Zr+4].c1cc[cH-]c1.c1cc[cH-]c1. The van der Waals surface area contributed by atoms with Crippen molar-refractivity contribution in [2.24, 2.45) is 0 Å². The molecule has 0 nitrogen and oxygen atoms in total. The van der Waals surface area contributed by atoms with E-state index in [0.29, 0.717) is 0 Å². The van der Waals surface area contributed by atoms with Gasteiger partial charge in [0.2, 0.25) is 0 Å². The summed E-state index contributed by atoms with van der Waals surface area (Å²) in [7, 11) is 9.87. The van der Waals surface area contributed by atoms with E-state index in [9.17, 15) is 0 Å². The first kappa shape index (κ1) is 35.9. The monoisotopic (exact) mass is 650 g/mol. The van der Waals surface area contributed by atoms with Crippen molar-refractivity contribution in [3.63, 3.8) is 0 Å². The minimum atomic E-state index is -0.826. The molecular formula is C30H40Cl2Zr2. The zero-order valence-corrected chi connectivity index (χ0v) is 27.7. The van der Waals surface area contributed by atoms with Crippen molar-refractivity contribution in [1.82, 2.24) is 0 Å². The van der Waals surface area contributed by atoms with Gasteiger partial charge >= 0.3 is 64.1 Å². The van der Waals surface area contributed by atoms with E-state index in [4.69, 9.17) is 17.0 Å². The van der Waals surface area contributed by atoms with Crippen molar-refractivity contribution in [3.05, 3.63) is 119 Å². The normalized spacial score (nSPS) is 8.76. The summed E-state index contributed by atoms with van der Waals surface area (Å²) in [5.74, 6) is 0. The van der Waals surface area contributed by atoms with Crippen molar-refractivity contribution in [3.8, 4) is 0 Å².